The molecule has 0 bridgehead atoms. The Morgan fingerprint density at radius 2 is 1.83 bits per heavy atom. The highest BCUT2D eigenvalue weighted by atomic mass is 32.2. The molecule has 2 aromatic carbocycles. The first kappa shape index (κ1) is 19.9. The number of carbonyl (C=O) groups excluding carboxylic acids is 1. The van der Waals surface area contributed by atoms with Crippen LogP contribution in [0, 0.1) is 6.92 Å². The lowest BCUT2D eigenvalue weighted by Crippen LogP contribution is -2.52. The van der Waals surface area contributed by atoms with Crippen LogP contribution in [0.15, 0.2) is 53.4 Å². The summed E-state index contributed by atoms with van der Waals surface area (Å²) < 4.78 is 33.5. The normalized spacial score (nSPS) is 22.4. The SMILES string of the molecule is Cc1ccc(S(=O)(=O)N2CCCC[C@H]2C(=O)N[C@@H]2CCOc3ccccc32)cc1. The van der Waals surface area contributed by atoms with E-state index in [1.807, 2.05) is 31.2 Å². The van der Waals surface area contributed by atoms with Crippen molar-refractivity contribution >= 4 is 15.9 Å². The highest BCUT2D eigenvalue weighted by Crippen LogP contribution is 2.32. The first-order chi connectivity index (χ1) is 14.0. The van der Waals surface area contributed by atoms with Crippen LogP contribution < -0.4 is 10.1 Å². The molecule has 2 aliphatic heterocycles. The maximum atomic E-state index is 13.2. The molecule has 4 rings (SSSR count). The number of sulfonamides is 1. The number of hydrogen-bond donors (Lipinski definition) is 1. The summed E-state index contributed by atoms with van der Waals surface area (Å²) in [6, 6.07) is 13.6. The number of aryl methyl sites for hydroxylation is 1. The number of amides is 1. The Labute approximate surface area is 171 Å². The van der Waals surface area contributed by atoms with Gasteiger partial charge >= 0.3 is 0 Å². The van der Waals surface area contributed by atoms with Crippen LogP contribution in [0.5, 0.6) is 5.75 Å². The molecular weight excluding hydrogens is 388 g/mol. The fourth-order valence-electron chi connectivity index (χ4n) is 4.06. The Hall–Kier alpha value is -2.38. The van der Waals surface area contributed by atoms with Crippen LogP contribution in [0.2, 0.25) is 0 Å². The van der Waals surface area contributed by atoms with Gasteiger partial charge in [-0.25, -0.2) is 8.42 Å². The summed E-state index contributed by atoms with van der Waals surface area (Å²) in [6.45, 7) is 2.80. The molecule has 1 N–H and O–H groups in total. The number of nitrogens with zero attached hydrogens (tertiary/aromatic N) is 1. The van der Waals surface area contributed by atoms with Gasteiger partial charge in [-0.2, -0.15) is 4.31 Å². The Balaban J connectivity index is 1.56. The second-order valence-electron chi connectivity index (χ2n) is 7.68. The van der Waals surface area contributed by atoms with E-state index in [-0.39, 0.29) is 16.8 Å². The van der Waals surface area contributed by atoms with Crippen LogP contribution in [0.3, 0.4) is 0 Å². The van der Waals surface area contributed by atoms with Crippen LogP contribution in [0.4, 0.5) is 0 Å². The van der Waals surface area contributed by atoms with Crippen molar-refractivity contribution in [2.45, 2.75) is 49.6 Å². The van der Waals surface area contributed by atoms with Gasteiger partial charge in [-0.1, -0.05) is 42.3 Å². The molecule has 2 atom stereocenters. The molecular formula is C22H26N2O4S. The Morgan fingerprint density at radius 3 is 2.62 bits per heavy atom. The third-order valence-corrected chi connectivity index (χ3v) is 7.58. The third kappa shape index (κ3) is 4.02. The van der Waals surface area contributed by atoms with Crippen molar-refractivity contribution in [3.8, 4) is 5.75 Å². The minimum absolute atomic E-state index is 0.168. The van der Waals surface area contributed by atoms with Crippen LogP contribution >= 0.6 is 0 Å². The Kier molecular flexibility index (Phi) is 5.61. The van der Waals surface area contributed by atoms with Crippen molar-refractivity contribution in [2.24, 2.45) is 0 Å². The van der Waals surface area contributed by atoms with Gasteiger partial charge in [0, 0.05) is 18.5 Å². The summed E-state index contributed by atoms with van der Waals surface area (Å²) >= 11 is 0. The molecule has 2 heterocycles. The molecule has 154 valence electrons. The van der Waals surface area contributed by atoms with E-state index in [0.717, 1.165) is 29.7 Å². The second-order valence-corrected chi connectivity index (χ2v) is 9.57. The predicted molar refractivity (Wildman–Crippen MR) is 110 cm³/mol. The lowest BCUT2D eigenvalue weighted by Gasteiger charge is -2.35. The number of hydrogen-bond acceptors (Lipinski definition) is 4. The van der Waals surface area contributed by atoms with E-state index in [0.29, 0.717) is 26.0 Å². The molecule has 0 unspecified atom stereocenters. The molecule has 0 saturated carbocycles. The lowest BCUT2D eigenvalue weighted by atomic mass is 9.99. The zero-order valence-corrected chi connectivity index (χ0v) is 17.3. The maximum absolute atomic E-state index is 13.2. The van der Waals surface area contributed by atoms with Gasteiger partial charge in [-0.05, 0) is 38.0 Å². The van der Waals surface area contributed by atoms with Crippen LogP contribution in [-0.2, 0) is 14.8 Å². The number of benzene rings is 2. The summed E-state index contributed by atoms with van der Waals surface area (Å²) in [7, 11) is -3.73. The molecule has 6 nitrogen and oxygen atoms in total. The maximum Gasteiger partial charge on any atom is 0.243 e. The van der Waals surface area contributed by atoms with E-state index < -0.39 is 16.1 Å². The largest absolute Gasteiger partial charge is 0.493 e. The van der Waals surface area contributed by atoms with E-state index >= 15 is 0 Å². The van der Waals surface area contributed by atoms with Gasteiger partial charge in [-0.15, -0.1) is 0 Å². The molecule has 2 aliphatic rings. The highest BCUT2D eigenvalue weighted by molar-refractivity contribution is 7.89. The number of para-hydroxylation sites is 1. The summed E-state index contributed by atoms with van der Waals surface area (Å²) in [6.07, 6.45) is 2.79. The molecule has 1 saturated heterocycles. The number of ether oxygens (including phenoxy) is 1. The van der Waals surface area contributed by atoms with Crippen molar-refractivity contribution in [3.63, 3.8) is 0 Å². The molecule has 2 aromatic rings. The number of fused-ring (bicyclic) bond motifs is 1. The van der Waals surface area contributed by atoms with Crippen LogP contribution in [-0.4, -0.2) is 37.8 Å². The summed E-state index contributed by atoms with van der Waals surface area (Å²) in [5, 5.41) is 3.08. The standard InChI is InChI=1S/C22H26N2O4S/c1-16-9-11-17(12-10-16)29(26,27)24-14-5-4-7-20(24)22(25)23-19-13-15-28-21-8-3-2-6-18(19)21/h2-3,6,8-12,19-20H,4-5,7,13-15H2,1H3,(H,23,25)/t19-,20+/m1/s1. The molecule has 1 amide bonds. The average Bonchev–Trinajstić information content (AvgIpc) is 2.74. The summed E-state index contributed by atoms with van der Waals surface area (Å²) in [5.74, 6) is 0.541. The minimum atomic E-state index is -3.73. The van der Waals surface area contributed by atoms with E-state index in [9.17, 15) is 13.2 Å². The number of nitrogens with one attached hydrogen (secondary N) is 1. The third-order valence-electron chi connectivity index (χ3n) is 5.66. The van der Waals surface area contributed by atoms with Gasteiger partial charge in [0.05, 0.1) is 17.5 Å². The van der Waals surface area contributed by atoms with Crippen LogP contribution in [0.1, 0.15) is 42.9 Å². The topological polar surface area (TPSA) is 75.7 Å². The van der Waals surface area contributed by atoms with Crippen molar-refractivity contribution in [2.75, 3.05) is 13.2 Å². The molecule has 0 aromatic heterocycles. The smallest absolute Gasteiger partial charge is 0.243 e. The first-order valence-electron chi connectivity index (χ1n) is 10.1. The van der Waals surface area contributed by atoms with Gasteiger partial charge in [0.25, 0.3) is 0 Å². The number of carbonyl (C=O) groups is 1. The van der Waals surface area contributed by atoms with E-state index in [4.69, 9.17) is 4.74 Å². The second kappa shape index (κ2) is 8.16. The predicted octanol–water partition coefficient (Wildman–Crippen LogP) is 3.18. The molecule has 0 aliphatic carbocycles. The van der Waals surface area contributed by atoms with Gasteiger partial charge < -0.3 is 10.1 Å². The molecule has 7 heteroatoms. The van der Waals surface area contributed by atoms with Crippen LogP contribution in [0.25, 0.3) is 0 Å². The Morgan fingerprint density at radius 1 is 1.07 bits per heavy atom. The van der Waals surface area contributed by atoms with Gasteiger partial charge in [-0.3, -0.25) is 4.79 Å². The van der Waals surface area contributed by atoms with Crippen molar-refractivity contribution in [1.82, 2.24) is 9.62 Å². The highest BCUT2D eigenvalue weighted by Gasteiger charge is 2.38. The molecule has 29 heavy (non-hydrogen) atoms. The minimum Gasteiger partial charge on any atom is -0.493 e. The molecule has 0 spiro atoms. The fourth-order valence-corrected chi connectivity index (χ4v) is 5.72. The van der Waals surface area contributed by atoms with Gasteiger partial charge in [0.1, 0.15) is 11.8 Å². The molecule has 1 fully saturated rings. The number of rotatable bonds is 4. The van der Waals surface area contributed by atoms with Crippen molar-refractivity contribution in [3.05, 3.63) is 59.7 Å². The van der Waals surface area contributed by atoms with Crippen molar-refractivity contribution in [1.29, 1.82) is 0 Å². The van der Waals surface area contributed by atoms with Gasteiger partial charge in [0.15, 0.2) is 0 Å². The lowest BCUT2D eigenvalue weighted by molar-refractivity contribution is -0.126. The zero-order chi connectivity index (χ0) is 20.4. The van der Waals surface area contributed by atoms with E-state index in [2.05, 4.69) is 5.32 Å². The quantitative estimate of drug-likeness (QED) is 0.834. The monoisotopic (exact) mass is 414 g/mol. The first-order valence-corrected chi connectivity index (χ1v) is 11.5. The zero-order valence-electron chi connectivity index (χ0n) is 16.5. The van der Waals surface area contributed by atoms with E-state index in [1.165, 1.54) is 4.31 Å². The summed E-state index contributed by atoms with van der Waals surface area (Å²) in [4.78, 5) is 13.4. The van der Waals surface area contributed by atoms with Gasteiger partial charge in [0.2, 0.25) is 15.9 Å². The number of piperidine rings is 1. The fraction of sp³-hybridized carbons (Fsp3) is 0.409. The van der Waals surface area contributed by atoms with E-state index in [1.54, 1.807) is 24.3 Å². The summed E-state index contributed by atoms with van der Waals surface area (Å²) in [5.41, 5.74) is 1.94. The van der Waals surface area contributed by atoms with Crippen molar-refractivity contribution < 1.29 is 17.9 Å². The average molecular weight is 415 g/mol. The molecule has 0 radical (unpaired) electrons. The Bertz CT molecular complexity index is 988.